The Hall–Kier alpha value is -2.10. The molecule has 0 spiro atoms. The van der Waals surface area contributed by atoms with E-state index in [2.05, 4.69) is 0 Å². The summed E-state index contributed by atoms with van der Waals surface area (Å²) in [5.74, 6) is -2.14. The monoisotopic (exact) mass is 222 g/mol. The van der Waals surface area contributed by atoms with E-state index in [0.29, 0.717) is 5.56 Å². The minimum absolute atomic E-state index is 0.164. The third-order valence-corrected chi connectivity index (χ3v) is 2.21. The van der Waals surface area contributed by atoms with Crippen LogP contribution >= 0.6 is 0 Å². The van der Waals surface area contributed by atoms with E-state index in [0.717, 1.165) is 18.2 Å². The van der Waals surface area contributed by atoms with Crippen LogP contribution in [-0.2, 0) is 0 Å². The molecule has 0 atom stereocenters. The molecule has 82 valence electrons. The van der Waals surface area contributed by atoms with Gasteiger partial charge in [-0.3, -0.25) is 0 Å². The molecule has 0 amide bonds. The number of halogens is 2. The van der Waals surface area contributed by atoms with Gasteiger partial charge in [0, 0.05) is 11.6 Å². The van der Waals surface area contributed by atoms with Crippen molar-refractivity contribution in [2.24, 2.45) is 0 Å². The average Bonchev–Trinajstić information content (AvgIpc) is 2.22. The maximum atomic E-state index is 13.4. The van der Waals surface area contributed by atoms with Crippen molar-refractivity contribution >= 4 is 0 Å². The molecule has 2 N–H and O–H groups in total. The van der Waals surface area contributed by atoms with E-state index in [4.69, 9.17) is 10.2 Å². The summed E-state index contributed by atoms with van der Waals surface area (Å²) in [5, 5.41) is 18.0. The van der Waals surface area contributed by atoms with Crippen LogP contribution in [-0.4, -0.2) is 10.2 Å². The second kappa shape index (κ2) is 3.81. The van der Waals surface area contributed by atoms with Gasteiger partial charge in [-0.05, 0) is 29.8 Å². The second-order valence-corrected chi connectivity index (χ2v) is 3.33. The summed E-state index contributed by atoms with van der Waals surface area (Å²) in [5.41, 5.74) is 0.463. The molecule has 0 bridgehead atoms. The molecule has 0 saturated carbocycles. The first-order valence-electron chi connectivity index (χ1n) is 4.55. The molecule has 0 aliphatic heterocycles. The van der Waals surface area contributed by atoms with Crippen LogP contribution in [0.15, 0.2) is 36.4 Å². The van der Waals surface area contributed by atoms with Gasteiger partial charge >= 0.3 is 0 Å². The normalized spacial score (nSPS) is 10.4. The van der Waals surface area contributed by atoms with Crippen LogP contribution in [0.25, 0.3) is 11.1 Å². The van der Waals surface area contributed by atoms with Crippen molar-refractivity contribution in [2.75, 3.05) is 0 Å². The molecule has 2 nitrogen and oxygen atoms in total. The first kappa shape index (κ1) is 10.4. The van der Waals surface area contributed by atoms with Crippen molar-refractivity contribution in [1.82, 2.24) is 0 Å². The van der Waals surface area contributed by atoms with Crippen molar-refractivity contribution in [3.63, 3.8) is 0 Å². The first-order valence-corrected chi connectivity index (χ1v) is 4.55. The lowest BCUT2D eigenvalue weighted by Crippen LogP contribution is -1.85. The van der Waals surface area contributed by atoms with Gasteiger partial charge in [0.25, 0.3) is 0 Å². The summed E-state index contributed by atoms with van der Waals surface area (Å²) in [6.07, 6.45) is 0. The van der Waals surface area contributed by atoms with Gasteiger partial charge in [0.1, 0.15) is 11.6 Å². The van der Waals surface area contributed by atoms with E-state index >= 15 is 0 Å². The molecule has 2 rings (SSSR count). The predicted molar refractivity (Wildman–Crippen MR) is 55.1 cm³/mol. The smallest absolute Gasteiger partial charge is 0.165 e. The molecule has 0 heterocycles. The van der Waals surface area contributed by atoms with Gasteiger partial charge in [0.15, 0.2) is 11.6 Å². The quantitative estimate of drug-likeness (QED) is 0.778. The summed E-state index contributed by atoms with van der Waals surface area (Å²) in [6.45, 7) is 0. The number of hydrogen-bond donors (Lipinski definition) is 2. The van der Waals surface area contributed by atoms with Crippen LogP contribution < -0.4 is 0 Å². The number of phenolic OH excluding ortho intramolecular Hbond substituents is 2. The SMILES string of the molecule is Oc1ccc(-c2ccc(O)c(F)c2)c(F)c1. The van der Waals surface area contributed by atoms with E-state index in [9.17, 15) is 8.78 Å². The van der Waals surface area contributed by atoms with Crippen LogP contribution in [0.1, 0.15) is 0 Å². The fourth-order valence-electron chi connectivity index (χ4n) is 1.41. The summed E-state index contributed by atoms with van der Waals surface area (Å²) in [6, 6.07) is 7.18. The Kier molecular flexibility index (Phi) is 2.48. The number of benzene rings is 2. The number of aromatic hydroxyl groups is 2. The van der Waals surface area contributed by atoms with E-state index in [-0.39, 0.29) is 11.3 Å². The zero-order valence-electron chi connectivity index (χ0n) is 8.11. The fourth-order valence-corrected chi connectivity index (χ4v) is 1.41. The van der Waals surface area contributed by atoms with Crippen molar-refractivity contribution in [1.29, 1.82) is 0 Å². The van der Waals surface area contributed by atoms with Crippen LogP contribution in [0.4, 0.5) is 8.78 Å². The van der Waals surface area contributed by atoms with Gasteiger partial charge in [-0.25, -0.2) is 8.78 Å². The summed E-state index contributed by atoms with van der Waals surface area (Å²) in [4.78, 5) is 0. The Morgan fingerprint density at radius 1 is 0.812 bits per heavy atom. The molecule has 0 aliphatic rings. The topological polar surface area (TPSA) is 40.5 Å². The van der Waals surface area contributed by atoms with Crippen molar-refractivity contribution in [3.8, 4) is 22.6 Å². The van der Waals surface area contributed by atoms with Gasteiger partial charge in [-0.2, -0.15) is 0 Å². The Labute approximate surface area is 90.4 Å². The standard InChI is InChI=1S/C12H8F2O2/c13-10-6-8(15)2-3-9(10)7-1-4-12(16)11(14)5-7/h1-6,15-16H. The van der Waals surface area contributed by atoms with E-state index in [1.807, 2.05) is 0 Å². The van der Waals surface area contributed by atoms with Crippen LogP contribution in [0.2, 0.25) is 0 Å². The van der Waals surface area contributed by atoms with Crippen molar-refractivity contribution in [3.05, 3.63) is 48.0 Å². The molecule has 0 aromatic heterocycles. The molecular formula is C12H8F2O2. The Morgan fingerprint density at radius 2 is 1.56 bits per heavy atom. The molecule has 0 aliphatic carbocycles. The Balaban J connectivity index is 2.54. The highest BCUT2D eigenvalue weighted by Crippen LogP contribution is 2.28. The molecular weight excluding hydrogens is 214 g/mol. The highest BCUT2D eigenvalue weighted by Gasteiger charge is 2.08. The second-order valence-electron chi connectivity index (χ2n) is 3.33. The minimum atomic E-state index is -0.815. The maximum Gasteiger partial charge on any atom is 0.165 e. The maximum absolute atomic E-state index is 13.4. The van der Waals surface area contributed by atoms with Crippen molar-refractivity contribution in [2.45, 2.75) is 0 Å². The minimum Gasteiger partial charge on any atom is -0.508 e. The molecule has 0 saturated heterocycles. The van der Waals surface area contributed by atoms with Gasteiger partial charge < -0.3 is 10.2 Å². The lowest BCUT2D eigenvalue weighted by Gasteiger charge is -2.04. The molecule has 2 aromatic rings. The van der Waals surface area contributed by atoms with E-state index in [1.165, 1.54) is 18.2 Å². The number of phenols is 2. The molecule has 0 radical (unpaired) electrons. The van der Waals surface area contributed by atoms with Gasteiger partial charge in [-0.1, -0.05) is 6.07 Å². The molecule has 0 unspecified atom stereocenters. The van der Waals surface area contributed by atoms with Gasteiger partial charge in [-0.15, -0.1) is 0 Å². The zero-order chi connectivity index (χ0) is 11.7. The highest BCUT2D eigenvalue weighted by atomic mass is 19.1. The predicted octanol–water partition coefficient (Wildman–Crippen LogP) is 3.04. The number of hydrogen-bond acceptors (Lipinski definition) is 2. The Bertz CT molecular complexity index is 539. The Morgan fingerprint density at radius 3 is 2.19 bits per heavy atom. The zero-order valence-corrected chi connectivity index (χ0v) is 8.11. The fraction of sp³-hybridized carbons (Fsp3) is 0. The third kappa shape index (κ3) is 1.82. The summed E-state index contributed by atoms with van der Waals surface area (Å²) in [7, 11) is 0. The van der Waals surface area contributed by atoms with Crippen molar-refractivity contribution < 1.29 is 19.0 Å². The third-order valence-electron chi connectivity index (χ3n) is 2.21. The molecule has 4 heteroatoms. The summed E-state index contributed by atoms with van der Waals surface area (Å²) >= 11 is 0. The first-order chi connectivity index (χ1) is 7.58. The molecule has 16 heavy (non-hydrogen) atoms. The molecule has 2 aromatic carbocycles. The van der Waals surface area contributed by atoms with Crippen LogP contribution in [0.5, 0.6) is 11.5 Å². The largest absolute Gasteiger partial charge is 0.508 e. The lowest BCUT2D eigenvalue weighted by molar-refractivity contribution is 0.432. The van der Waals surface area contributed by atoms with Crippen LogP contribution in [0.3, 0.4) is 0 Å². The lowest BCUT2D eigenvalue weighted by atomic mass is 10.0. The van der Waals surface area contributed by atoms with Crippen LogP contribution in [0, 0.1) is 11.6 Å². The van der Waals surface area contributed by atoms with E-state index in [1.54, 1.807) is 0 Å². The van der Waals surface area contributed by atoms with Gasteiger partial charge in [0.2, 0.25) is 0 Å². The molecule has 0 fully saturated rings. The van der Waals surface area contributed by atoms with Gasteiger partial charge in [0.05, 0.1) is 0 Å². The summed E-state index contributed by atoms with van der Waals surface area (Å²) < 4.78 is 26.5. The van der Waals surface area contributed by atoms with E-state index < -0.39 is 17.4 Å². The average molecular weight is 222 g/mol. The highest BCUT2D eigenvalue weighted by molar-refractivity contribution is 5.65. The number of rotatable bonds is 1.